The van der Waals surface area contributed by atoms with E-state index < -0.39 is 6.04 Å². The van der Waals surface area contributed by atoms with Gasteiger partial charge >= 0.3 is 0 Å². The number of amides is 1. The number of rotatable bonds is 6. The van der Waals surface area contributed by atoms with E-state index in [1.807, 2.05) is 17.5 Å². The molecule has 1 atom stereocenters. The van der Waals surface area contributed by atoms with Crippen LogP contribution in [-0.4, -0.2) is 16.0 Å². The molecule has 2 aromatic heterocycles. The number of carbonyl (C=O) groups is 1. The van der Waals surface area contributed by atoms with E-state index in [9.17, 15) is 9.90 Å². The third kappa shape index (κ3) is 4.01. The van der Waals surface area contributed by atoms with Crippen molar-refractivity contribution in [1.29, 1.82) is 0 Å². The molecular formula is C17H17N3O3S. The molecule has 0 saturated carbocycles. The van der Waals surface area contributed by atoms with E-state index in [4.69, 9.17) is 10.2 Å². The quantitative estimate of drug-likeness (QED) is 0.638. The van der Waals surface area contributed by atoms with Gasteiger partial charge in [-0.25, -0.2) is 4.98 Å². The predicted octanol–water partition coefficient (Wildman–Crippen LogP) is 2.61. The molecular weight excluding hydrogens is 326 g/mol. The van der Waals surface area contributed by atoms with Gasteiger partial charge < -0.3 is 20.6 Å². The van der Waals surface area contributed by atoms with Crippen LogP contribution in [0.1, 0.15) is 32.9 Å². The van der Waals surface area contributed by atoms with E-state index in [1.165, 1.54) is 6.26 Å². The lowest BCUT2D eigenvalue weighted by Crippen LogP contribution is -2.23. The van der Waals surface area contributed by atoms with Gasteiger partial charge in [-0.1, -0.05) is 18.2 Å². The fourth-order valence-electron chi connectivity index (χ4n) is 2.21. The fourth-order valence-corrected chi connectivity index (χ4v) is 2.85. The number of oxazole rings is 1. The van der Waals surface area contributed by atoms with Gasteiger partial charge in [0.05, 0.1) is 12.6 Å². The molecule has 3 aromatic rings. The lowest BCUT2D eigenvalue weighted by atomic mass is 10.1. The van der Waals surface area contributed by atoms with Gasteiger partial charge in [0.15, 0.2) is 5.69 Å². The normalized spacial score (nSPS) is 12.0. The van der Waals surface area contributed by atoms with Crippen molar-refractivity contribution >= 4 is 17.2 Å². The maximum absolute atomic E-state index is 12.1. The van der Waals surface area contributed by atoms with E-state index in [0.717, 1.165) is 10.4 Å². The summed E-state index contributed by atoms with van der Waals surface area (Å²) in [7, 11) is 0. The Balaban J connectivity index is 1.59. The second-order valence-corrected chi connectivity index (χ2v) is 6.34. The van der Waals surface area contributed by atoms with E-state index in [0.29, 0.717) is 18.9 Å². The van der Waals surface area contributed by atoms with Crippen LogP contribution in [0.3, 0.4) is 0 Å². The molecule has 0 saturated heterocycles. The number of aromatic nitrogens is 1. The molecule has 3 rings (SSSR count). The van der Waals surface area contributed by atoms with Crippen LogP contribution in [0.4, 0.5) is 0 Å². The molecule has 4 N–H and O–H groups in total. The average Bonchev–Trinajstić information content (AvgIpc) is 3.26. The number of thiophene rings is 1. The van der Waals surface area contributed by atoms with Gasteiger partial charge in [0.2, 0.25) is 5.89 Å². The number of benzene rings is 1. The first kappa shape index (κ1) is 16.2. The molecule has 0 bridgehead atoms. The van der Waals surface area contributed by atoms with Gasteiger partial charge in [-0.3, -0.25) is 4.79 Å². The van der Waals surface area contributed by atoms with Crippen molar-refractivity contribution in [2.75, 3.05) is 0 Å². The summed E-state index contributed by atoms with van der Waals surface area (Å²) in [4.78, 5) is 17.3. The minimum Gasteiger partial charge on any atom is -0.508 e. The number of hydrogen-bond donors (Lipinski definition) is 3. The van der Waals surface area contributed by atoms with E-state index in [-0.39, 0.29) is 17.4 Å². The van der Waals surface area contributed by atoms with Crippen molar-refractivity contribution < 1.29 is 14.3 Å². The molecule has 1 aromatic carbocycles. The van der Waals surface area contributed by atoms with Crippen LogP contribution in [-0.2, 0) is 13.0 Å². The summed E-state index contributed by atoms with van der Waals surface area (Å²) in [5, 5.41) is 14.0. The zero-order chi connectivity index (χ0) is 16.9. The Morgan fingerprint density at radius 2 is 2.12 bits per heavy atom. The van der Waals surface area contributed by atoms with Gasteiger partial charge in [-0.15, -0.1) is 11.3 Å². The second-order valence-electron chi connectivity index (χ2n) is 5.31. The monoisotopic (exact) mass is 343 g/mol. The van der Waals surface area contributed by atoms with E-state index in [2.05, 4.69) is 10.3 Å². The Morgan fingerprint density at radius 3 is 2.83 bits per heavy atom. The molecule has 1 amide bonds. The van der Waals surface area contributed by atoms with Crippen LogP contribution in [0.2, 0.25) is 0 Å². The standard InChI is InChI=1S/C17H17N3O3S/c18-14(8-11-3-5-12(21)6-4-11)17-20-15(10-23-17)16(22)19-9-13-2-1-7-24-13/h1-7,10,14,21H,8-9,18H2,(H,19,22). The first-order chi connectivity index (χ1) is 11.6. The number of nitrogens with one attached hydrogen (secondary N) is 1. The average molecular weight is 343 g/mol. The lowest BCUT2D eigenvalue weighted by molar-refractivity contribution is 0.0946. The van der Waals surface area contributed by atoms with E-state index in [1.54, 1.807) is 35.6 Å². The Morgan fingerprint density at radius 1 is 1.33 bits per heavy atom. The molecule has 6 nitrogen and oxygen atoms in total. The smallest absolute Gasteiger partial charge is 0.273 e. The van der Waals surface area contributed by atoms with Crippen LogP contribution < -0.4 is 11.1 Å². The second kappa shape index (κ2) is 7.29. The minimum absolute atomic E-state index is 0.202. The molecule has 0 spiro atoms. The van der Waals surface area contributed by atoms with Crippen LogP contribution in [0, 0.1) is 0 Å². The van der Waals surface area contributed by atoms with Crippen molar-refractivity contribution in [3.05, 3.63) is 70.1 Å². The molecule has 0 radical (unpaired) electrons. The molecule has 124 valence electrons. The van der Waals surface area contributed by atoms with Gasteiger partial charge in [0.1, 0.15) is 12.0 Å². The summed E-state index contributed by atoms with van der Waals surface area (Å²) in [6, 6.07) is 10.2. The van der Waals surface area contributed by atoms with Gasteiger partial charge in [0.25, 0.3) is 5.91 Å². The van der Waals surface area contributed by atoms with Crippen molar-refractivity contribution in [2.24, 2.45) is 5.73 Å². The van der Waals surface area contributed by atoms with Crippen molar-refractivity contribution in [3.8, 4) is 5.75 Å². The van der Waals surface area contributed by atoms with E-state index >= 15 is 0 Å². The number of nitrogens with two attached hydrogens (primary N) is 1. The molecule has 7 heteroatoms. The zero-order valence-electron chi connectivity index (χ0n) is 12.8. The summed E-state index contributed by atoms with van der Waals surface area (Å²) in [5.74, 6) is 0.215. The lowest BCUT2D eigenvalue weighted by Gasteiger charge is -2.07. The maximum atomic E-state index is 12.1. The molecule has 0 fully saturated rings. The number of hydrogen-bond acceptors (Lipinski definition) is 6. The number of aromatic hydroxyl groups is 1. The maximum Gasteiger partial charge on any atom is 0.273 e. The molecule has 2 heterocycles. The largest absolute Gasteiger partial charge is 0.508 e. The Kier molecular flexibility index (Phi) is 4.93. The SMILES string of the molecule is NC(Cc1ccc(O)cc1)c1nc(C(=O)NCc2cccs2)co1. The third-order valence-corrected chi connectivity index (χ3v) is 4.34. The highest BCUT2D eigenvalue weighted by Crippen LogP contribution is 2.18. The van der Waals surface area contributed by atoms with Crippen molar-refractivity contribution in [2.45, 2.75) is 19.0 Å². The summed E-state index contributed by atoms with van der Waals surface area (Å²) >= 11 is 1.58. The Labute approximate surface area is 143 Å². The van der Waals surface area contributed by atoms with Crippen LogP contribution in [0.15, 0.2) is 52.5 Å². The van der Waals surface area contributed by atoms with Gasteiger partial charge in [0, 0.05) is 4.88 Å². The van der Waals surface area contributed by atoms with Gasteiger partial charge in [-0.05, 0) is 35.6 Å². The first-order valence-electron chi connectivity index (χ1n) is 7.41. The number of nitrogens with zero attached hydrogens (tertiary/aromatic N) is 1. The molecule has 0 aliphatic rings. The molecule has 1 unspecified atom stereocenters. The fraction of sp³-hybridized carbons (Fsp3) is 0.176. The summed E-state index contributed by atoms with van der Waals surface area (Å²) in [6.07, 6.45) is 1.81. The van der Waals surface area contributed by atoms with Crippen molar-refractivity contribution in [3.63, 3.8) is 0 Å². The molecule has 24 heavy (non-hydrogen) atoms. The first-order valence-corrected chi connectivity index (χ1v) is 8.29. The van der Waals surface area contributed by atoms with Gasteiger partial charge in [-0.2, -0.15) is 0 Å². The zero-order valence-corrected chi connectivity index (χ0v) is 13.6. The highest BCUT2D eigenvalue weighted by atomic mass is 32.1. The highest BCUT2D eigenvalue weighted by molar-refractivity contribution is 7.09. The van der Waals surface area contributed by atoms with Crippen LogP contribution >= 0.6 is 11.3 Å². The summed E-state index contributed by atoms with van der Waals surface area (Å²) in [6.45, 7) is 0.457. The molecule has 0 aliphatic heterocycles. The summed E-state index contributed by atoms with van der Waals surface area (Å²) < 4.78 is 5.34. The third-order valence-electron chi connectivity index (χ3n) is 3.47. The topological polar surface area (TPSA) is 101 Å². The Hall–Kier alpha value is -2.64. The Bertz CT molecular complexity index is 797. The number of phenolic OH excluding ortho intramolecular Hbond substituents is 1. The minimum atomic E-state index is -0.464. The van der Waals surface area contributed by atoms with Crippen LogP contribution in [0.5, 0.6) is 5.75 Å². The summed E-state index contributed by atoms with van der Waals surface area (Å²) in [5.41, 5.74) is 7.24. The number of phenols is 1. The van der Waals surface area contributed by atoms with Crippen molar-refractivity contribution in [1.82, 2.24) is 10.3 Å². The highest BCUT2D eigenvalue weighted by Gasteiger charge is 2.17. The molecule has 0 aliphatic carbocycles. The predicted molar refractivity (Wildman–Crippen MR) is 90.7 cm³/mol. The van der Waals surface area contributed by atoms with Crippen LogP contribution in [0.25, 0.3) is 0 Å². The number of carbonyl (C=O) groups excluding carboxylic acids is 1.